The van der Waals surface area contributed by atoms with E-state index in [0.29, 0.717) is 22.6 Å². The topological polar surface area (TPSA) is 37.3 Å². The molecular weight excluding hydrogens is 325 g/mol. The summed E-state index contributed by atoms with van der Waals surface area (Å²) in [4.78, 5) is 14.2. The van der Waals surface area contributed by atoms with Gasteiger partial charge in [-0.05, 0) is 48.8 Å². The predicted molar refractivity (Wildman–Crippen MR) is 95.7 cm³/mol. The van der Waals surface area contributed by atoms with Crippen LogP contribution in [-0.2, 0) is 6.54 Å². The Morgan fingerprint density at radius 2 is 2.00 bits per heavy atom. The molecule has 0 radical (unpaired) electrons. The SMILES string of the molecule is O=c1cccc2n1C[C@@H]1C[C@H]2CN(C(=S)Nc2cccc(F)c2)C1. The van der Waals surface area contributed by atoms with E-state index in [2.05, 4.69) is 10.2 Å². The first-order chi connectivity index (χ1) is 11.6. The molecule has 0 spiro atoms. The Morgan fingerprint density at radius 1 is 1.17 bits per heavy atom. The second-order valence-corrected chi connectivity index (χ2v) is 6.93. The normalized spacial score (nSPS) is 22.0. The number of rotatable bonds is 1. The van der Waals surface area contributed by atoms with E-state index in [0.717, 1.165) is 31.7 Å². The molecule has 1 fully saturated rings. The van der Waals surface area contributed by atoms with Crippen LogP contribution < -0.4 is 10.9 Å². The lowest BCUT2D eigenvalue weighted by Crippen LogP contribution is -2.50. The summed E-state index contributed by atoms with van der Waals surface area (Å²) in [6.45, 7) is 2.34. The molecule has 0 unspecified atom stereocenters. The highest BCUT2D eigenvalue weighted by Gasteiger charge is 2.35. The summed E-state index contributed by atoms with van der Waals surface area (Å²) in [5.74, 6) is 0.425. The van der Waals surface area contributed by atoms with E-state index in [1.165, 1.54) is 12.1 Å². The molecular formula is C18H18FN3OS. The second kappa shape index (κ2) is 6.02. The van der Waals surface area contributed by atoms with Gasteiger partial charge in [0.05, 0.1) is 0 Å². The minimum Gasteiger partial charge on any atom is -0.348 e. The zero-order chi connectivity index (χ0) is 16.7. The molecule has 0 aliphatic carbocycles. The molecule has 1 saturated heterocycles. The van der Waals surface area contributed by atoms with E-state index < -0.39 is 0 Å². The Balaban J connectivity index is 1.53. The third-order valence-electron chi connectivity index (χ3n) is 4.84. The van der Waals surface area contributed by atoms with Gasteiger partial charge >= 0.3 is 0 Å². The summed E-state index contributed by atoms with van der Waals surface area (Å²) in [5, 5.41) is 3.74. The van der Waals surface area contributed by atoms with Gasteiger partial charge in [0, 0.05) is 43.0 Å². The fourth-order valence-corrected chi connectivity index (χ4v) is 4.10. The number of halogens is 1. The maximum atomic E-state index is 13.3. The lowest BCUT2D eigenvalue weighted by atomic mass is 9.83. The van der Waals surface area contributed by atoms with Crippen LogP contribution in [0.25, 0.3) is 0 Å². The minimum atomic E-state index is -0.286. The minimum absolute atomic E-state index is 0.0797. The van der Waals surface area contributed by atoms with Gasteiger partial charge in [-0.3, -0.25) is 4.79 Å². The highest BCUT2D eigenvalue weighted by Crippen LogP contribution is 2.35. The van der Waals surface area contributed by atoms with Crippen molar-refractivity contribution >= 4 is 23.0 Å². The number of anilines is 1. The van der Waals surface area contributed by atoms with Crippen molar-refractivity contribution in [2.75, 3.05) is 18.4 Å². The maximum Gasteiger partial charge on any atom is 0.250 e. The summed E-state index contributed by atoms with van der Waals surface area (Å²) in [5.41, 5.74) is 1.83. The van der Waals surface area contributed by atoms with Crippen molar-refractivity contribution in [3.63, 3.8) is 0 Å². The zero-order valence-electron chi connectivity index (χ0n) is 13.1. The number of aromatic nitrogens is 1. The number of hydrogen-bond acceptors (Lipinski definition) is 2. The molecule has 2 aromatic rings. The molecule has 24 heavy (non-hydrogen) atoms. The van der Waals surface area contributed by atoms with Gasteiger partial charge < -0.3 is 14.8 Å². The quantitative estimate of drug-likeness (QED) is 0.808. The van der Waals surface area contributed by atoms with E-state index in [-0.39, 0.29) is 11.4 Å². The molecule has 0 saturated carbocycles. The van der Waals surface area contributed by atoms with Crippen LogP contribution in [0.5, 0.6) is 0 Å². The molecule has 4 nitrogen and oxygen atoms in total. The molecule has 2 aliphatic heterocycles. The molecule has 3 heterocycles. The average Bonchev–Trinajstić information content (AvgIpc) is 2.56. The van der Waals surface area contributed by atoms with Gasteiger partial charge in [-0.1, -0.05) is 12.1 Å². The lowest BCUT2D eigenvalue weighted by Gasteiger charge is -2.43. The van der Waals surface area contributed by atoms with Crippen molar-refractivity contribution in [3.05, 3.63) is 64.3 Å². The van der Waals surface area contributed by atoms with Crippen molar-refractivity contribution < 1.29 is 4.39 Å². The number of piperidine rings is 1. The fourth-order valence-electron chi connectivity index (χ4n) is 3.83. The smallest absolute Gasteiger partial charge is 0.250 e. The molecule has 1 aromatic heterocycles. The Hall–Kier alpha value is -2.21. The summed E-state index contributed by atoms with van der Waals surface area (Å²) in [6.07, 6.45) is 1.09. The van der Waals surface area contributed by atoms with Gasteiger partial charge in [-0.2, -0.15) is 0 Å². The first-order valence-electron chi connectivity index (χ1n) is 8.11. The van der Waals surface area contributed by atoms with Crippen LogP contribution in [0.15, 0.2) is 47.3 Å². The number of pyridine rings is 1. The molecule has 6 heteroatoms. The lowest BCUT2D eigenvalue weighted by molar-refractivity contribution is 0.180. The van der Waals surface area contributed by atoms with Crippen LogP contribution in [0.1, 0.15) is 18.0 Å². The number of hydrogen-bond donors (Lipinski definition) is 1. The number of likely N-dealkylation sites (tertiary alicyclic amines) is 1. The molecule has 2 atom stereocenters. The van der Waals surface area contributed by atoms with Crippen molar-refractivity contribution in [2.45, 2.75) is 18.9 Å². The van der Waals surface area contributed by atoms with Crippen molar-refractivity contribution in [1.29, 1.82) is 0 Å². The van der Waals surface area contributed by atoms with Crippen LogP contribution >= 0.6 is 12.2 Å². The van der Waals surface area contributed by atoms with Crippen molar-refractivity contribution in [3.8, 4) is 0 Å². The highest BCUT2D eigenvalue weighted by atomic mass is 32.1. The van der Waals surface area contributed by atoms with E-state index in [1.54, 1.807) is 18.2 Å². The van der Waals surface area contributed by atoms with Gasteiger partial charge in [-0.25, -0.2) is 4.39 Å². The summed E-state index contributed by atoms with van der Waals surface area (Å²) in [6, 6.07) is 11.8. The molecule has 1 N–H and O–H groups in total. The molecule has 1 aromatic carbocycles. The van der Waals surface area contributed by atoms with E-state index in [9.17, 15) is 9.18 Å². The van der Waals surface area contributed by atoms with E-state index in [1.807, 2.05) is 16.7 Å². The zero-order valence-corrected chi connectivity index (χ0v) is 13.9. The van der Waals surface area contributed by atoms with Crippen LogP contribution in [0, 0.1) is 11.7 Å². The first-order valence-corrected chi connectivity index (χ1v) is 8.52. The first kappa shape index (κ1) is 15.3. The Kier molecular flexibility index (Phi) is 3.84. The third-order valence-corrected chi connectivity index (χ3v) is 5.20. The monoisotopic (exact) mass is 343 g/mol. The number of nitrogens with one attached hydrogen (secondary N) is 1. The van der Waals surface area contributed by atoms with Gasteiger partial charge in [0.15, 0.2) is 5.11 Å². The average molecular weight is 343 g/mol. The fraction of sp³-hybridized carbons (Fsp3) is 0.333. The number of fused-ring (bicyclic) bond motifs is 4. The van der Waals surface area contributed by atoms with Gasteiger partial charge in [-0.15, -0.1) is 0 Å². The van der Waals surface area contributed by atoms with Crippen LogP contribution in [0.3, 0.4) is 0 Å². The maximum absolute atomic E-state index is 13.3. The van der Waals surface area contributed by atoms with Crippen molar-refractivity contribution in [2.24, 2.45) is 5.92 Å². The Morgan fingerprint density at radius 3 is 2.83 bits per heavy atom. The van der Waals surface area contributed by atoms with Crippen molar-refractivity contribution in [1.82, 2.24) is 9.47 Å². The second-order valence-electron chi connectivity index (χ2n) is 6.54. The molecule has 0 amide bonds. The van der Waals surface area contributed by atoms with E-state index in [4.69, 9.17) is 12.2 Å². The summed E-state index contributed by atoms with van der Waals surface area (Å²) < 4.78 is 15.2. The van der Waals surface area contributed by atoms with Gasteiger partial charge in [0.25, 0.3) is 5.56 Å². The van der Waals surface area contributed by atoms with E-state index >= 15 is 0 Å². The summed E-state index contributed by atoms with van der Waals surface area (Å²) >= 11 is 5.53. The Bertz CT molecular complexity index is 850. The number of thiocarbonyl (C=S) groups is 1. The standard InChI is InChI=1S/C18H18FN3OS/c19-14-3-1-4-15(8-14)20-18(24)21-9-12-7-13(11-21)16-5-2-6-17(23)22(16)10-12/h1-6,8,12-13H,7,9-11H2,(H,20,24)/t12-,13+/m1/s1. The highest BCUT2D eigenvalue weighted by molar-refractivity contribution is 7.80. The predicted octanol–water partition coefficient (Wildman–Crippen LogP) is 2.80. The molecule has 2 bridgehead atoms. The third kappa shape index (κ3) is 2.82. The number of benzene rings is 1. The van der Waals surface area contributed by atoms with Gasteiger partial charge in [0.2, 0.25) is 0 Å². The summed E-state index contributed by atoms with van der Waals surface area (Å²) in [7, 11) is 0. The number of nitrogens with zero attached hydrogens (tertiary/aromatic N) is 2. The largest absolute Gasteiger partial charge is 0.348 e. The van der Waals surface area contributed by atoms with Gasteiger partial charge in [0.1, 0.15) is 5.82 Å². The van der Waals surface area contributed by atoms with Crippen LogP contribution in [0.2, 0.25) is 0 Å². The molecule has 4 rings (SSSR count). The molecule has 2 aliphatic rings. The van der Waals surface area contributed by atoms with Crippen LogP contribution in [0.4, 0.5) is 10.1 Å². The Labute approximate surface area is 144 Å². The molecule has 124 valence electrons. The van der Waals surface area contributed by atoms with Crippen LogP contribution in [-0.4, -0.2) is 27.7 Å².